The van der Waals surface area contributed by atoms with Crippen LogP contribution in [0.4, 0.5) is 5.82 Å². The first-order chi connectivity index (χ1) is 23.8. The molecule has 1 aliphatic rings. The van der Waals surface area contributed by atoms with Crippen molar-refractivity contribution < 1.29 is 4.79 Å². The molecular formula is C37H38N10O2. The second-order valence-electron chi connectivity index (χ2n) is 12.4. The Bertz CT molecular complexity index is 2290. The van der Waals surface area contributed by atoms with E-state index >= 15 is 0 Å². The van der Waals surface area contributed by atoms with Gasteiger partial charge in [0, 0.05) is 75.5 Å². The summed E-state index contributed by atoms with van der Waals surface area (Å²) < 4.78 is 5.00. The van der Waals surface area contributed by atoms with Gasteiger partial charge in [0.2, 0.25) is 0 Å². The van der Waals surface area contributed by atoms with Gasteiger partial charge in [0.05, 0.1) is 28.9 Å². The molecule has 0 bridgehead atoms. The molecule has 1 saturated heterocycles. The van der Waals surface area contributed by atoms with E-state index in [1.165, 1.54) is 4.52 Å². The molecule has 4 aromatic heterocycles. The Kier molecular flexibility index (Phi) is 8.69. The van der Waals surface area contributed by atoms with E-state index in [4.69, 9.17) is 5.73 Å². The van der Waals surface area contributed by atoms with Crippen molar-refractivity contribution >= 4 is 28.1 Å². The molecule has 0 radical (unpaired) electrons. The molecular weight excluding hydrogens is 616 g/mol. The number of piperazine rings is 1. The van der Waals surface area contributed by atoms with E-state index in [0.29, 0.717) is 28.0 Å². The Labute approximate surface area is 283 Å². The largest absolute Gasteiger partial charge is 0.381 e. The first-order valence-electron chi connectivity index (χ1n) is 16.4. The van der Waals surface area contributed by atoms with Gasteiger partial charge in [-0.25, -0.2) is 9.50 Å². The Hall–Kier alpha value is -5.77. The summed E-state index contributed by atoms with van der Waals surface area (Å²) in [6.07, 6.45) is 5.90. The van der Waals surface area contributed by atoms with Gasteiger partial charge in [-0.1, -0.05) is 42.2 Å². The van der Waals surface area contributed by atoms with E-state index < -0.39 is 11.9 Å². The van der Waals surface area contributed by atoms with Gasteiger partial charge in [0.25, 0.3) is 11.5 Å². The highest BCUT2D eigenvalue weighted by atomic mass is 16.2. The van der Waals surface area contributed by atoms with Crippen LogP contribution < -0.4 is 16.6 Å². The van der Waals surface area contributed by atoms with Gasteiger partial charge in [0.1, 0.15) is 5.56 Å². The minimum atomic E-state index is -0.587. The highest BCUT2D eigenvalue weighted by Crippen LogP contribution is 2.25. The number of aryl methyl sites for hydroxylation is 1. The summed E-state index contributed by atoms with van der Waals surface area (Å²) in [5, 5.41) is 13.0. The second kappa shape index (κ2) is 13.4. The lowest BCUT2D eigenvalue weighted by atomic mass is 10.0. The molecule has 0 aliphatic carbocycles. The molecule has 1 amide bonds. The van der Waals surface area contributed by atoms with Crippen LogP contribution in [0.1, 0.15) is 45.8 Å². The number of carbonyl (C=O) groups excluding carboxylic acids is 1. The van der Waals surface area contributed by atoms with Gasteiger partial charge in [-0.3, -0.25) is 18.8 Å². The highest BCUT2D eigenvalue weighted by molar-refractivity contribution is 6.04. The minimum absolute atomic E-state index is 0.0710. The van der Waals surface area contributed by atoms with Crippen molar-refractivity contribution in [3.63, 3.8) is 0 Å². The van der Waals surface area contributed by atoms with Gasteiger partial charge in [-0.2, -0.15) is 5.10 Å². The summed E-state index contributed by atoms with van der Waals surface area (Å²) in [5.74, 6) is 6.27. The third-order valence-electron chi connectivity index (χ3n) is 9.18. The molecule has 7 rings (SSSR count). The fraction of sp³-hybridized carbons (Fsp3) is 0.270. The molecule has 0 unspecified atom stereocenters. The summed E-state index contributed by atoms with van der Waals surface area (Å²) in [4.78, 5) is 37.2. The van der Waals surface area contributed by atoms with E-state index in [-0.39, 0.29) is 16.9 Å². The molecule has 248 valence electrons. The van der Waals surface area contributed by atoms with Crippen molar-refractivity contribution in [1.82, 2.24) is 44.1 Å². The molecule has 1 atom stereocenters. The maximum atomic E-state index is 14.5. The number of nitrogens with two attached hydrogens (primary N) is 1. The number of amides is 1. The predicted octanol–water partition coefficient (Wildman–Crippen LogP) is 3.03. The fourth-order valence-electron chi connectivity index (χ4n) is 6.45. The molecule has 12 nitrogen and oxygen atoms in total. The van der Waals surface area contributed by atoms with Crippen LogP contribution in [-0.4, -0.2) is 84.4 Å². The maximum absolute atomic E-state index is 14.5. The van der Waals surface area contributed by atoms with Crippen LogP contribution in [0.15, 0.2) is 84.0 Å². The van der Waals surface area contributed by atoms with Crippen LogP contribution in [0.2, 0.25) is 0 Å². The number of para-hydroxylation sites is 1. The minimum Gasteiger partial charge on any atom is -0.381 e. The molecule has 3 N–H and O–H groups in total. The Morgan fingerprint density at radius 2 is 1.78 bits per heavy atom. The van der Waals surface area contributed by atoms with Crippen LogP contribution in [0.3, 0.4) is 0 Å². The van der Waals surface area contributed by atoms with Crippen molar-refractivity contribution in [2.45, 2.75) is 19.4 Å². The highest BCUT2D eigenvalue weighted by Gasteiger charge is 2.24. The third-order valence-corrected chi connectivity index (χ3v) is 9.18. The van der Waals surface area contributed by atoms with Crippen molar-refractivity contribution in [3.8, 4) is 17.5 Å². The third kappa shape index (κ3) is 6.29. The van der Waals surface area contributed by atoms with Gasteiger partial charge in [0.15, 0.2) is 11.5 Å². The van der Waals surface area contributed by atoms with E-state index in [1.54, 1.807) is 29.2 Å². The standard InChI is InChI=1S/C37H38N10O2/c1-25(41-36(48)33-34(38)42-46-17-8-16-39-35(33)46)31-23-27-10-7-9-26(32(27)37(49)47(31)29-11-5-4-6-12-29)13-14-28-24-40-44(3)30(28)15-18-45-21-19-43(2)20-22-45/h4-12,16-17,23-25H,15,18-22H2,1-3H3,(H2,38,42)(H,41,48)/t25-/m1/s1. The lowest BCUT2D eigenvalue weighted by Gasteiger charge is -2.32. The van der Waals surface area contributed by atoms with E-state index in [9.17, 15) is 9.59 Å². The number of nitrogens with one attached hydrogen (secondary N) is 1. The van der Waals surface area contributed by atoms with E-state index in [1.807, 2.05) is 73.3 Å². The van der Waals surface area contributed by atoms with E-state index in [0.717, 1.165) is 55.8 Å². The first-order valence-corrected chi connectivity index (χ1v) is 16.4. The van der Waals surface area contributed by atoms with Crippen LogP contribution >= 0.6 is 0 Å². The quantitative estimate of drug-likeness (QED) is 0.251. The normalized spacial score (nSPS) is 14.5. The SMILES string of the molecule is C[C@@H](NC(=O)c1c(N)nn2cccnc12)c1cc2cccc(C#Cc3cnn(C)c3CCN3CCN(C)CC3)c2c(=O)n1-c1ccccc1. The Morgan fingerprint density at radius 3 is 2.57 bits per heavy atom. The van der Waals surface area contributed by atoms with Crippen molar-refractivity contribution in [2.75, 3.05) is 45.5 Å². The average Bonchev–Trinajstić information content (AvgIpc) is 3.64. The zero-order chi connectivity index (χ0) is 34.1. The number of pyridine rings is 1. The second-order valence-corrected chi connectivity index (χ2v) is 12.4. The molecule has 5 heterocycles. The van der Waals surface area contributed by atoms with Gasteiger partial charge in [-0.05, 0) is 49.7 Å². The number of carbonyl (C=O) groups is 1. The van der Waals surface area contributed by atoms with Gasteiger partial charge in [-0.15, -0.1) is 5.10 Å². The number of nitrogen functional groups attached to an aromatic ring is 1. The first kappa shape index (κ1) is 31.8. The Morgan fingerprint density at radius 1 is 1.00 bits per heavy atom. The zero-order valence-electron chi connectivity index (χ0n) is 27.8. The van der Waals surface area contributed by atoms with Crippen LogP contribution in [0.25, 0.3) is 22.1 Å². The van der Waals surface area contributed by atoms with Crippen molar-refractivity contribution in [2.24, 2.45) is 7.05 Å². The zero-order valence-corrected chi connectivity index (χ0v) is 27.8. The number of likely N-dealkylation sites (N-methyl/N-ethyl adjacent to an activating group) is 1. The molecule has 1 fully saturated rings. The molecule has 6 aromatic rings. The molecule has 2 aromatic carbocycles. The summed E-state index contributed by atoms with van der Waals surface area (Å²) in [6, 6.07) is 18.1. The fourth-order valence-corrected chi connectivity index (χ4v) is 6.45. The number of hydrogen-bond donors (Lipinski definition) is 2. The maximum Gasteiger partial charge on any atom is 0.264 e. The molecule has 49 heavy (non-hydrogen) atoms. The average molecular weight is 655 g/mol. The molecule has 1 aliphatic heterocycles. The monoisotopic (exact) mass is 654 g/mol. The predicted molar refractivity (Wildman–Crippen MR) is 190 cm³/mol. The van der Waals surface area contributed by atoms with Gasteiger partial charge >= 0.3 is 0 Å². The van der Waals surface area contributed by atoms with Crippen molar-refractivity contribution in [1.29, 1.82) is 0 Å². The topological polar surface area (TPSA) is 132 Å². The number of anilines is 1. The summed E-state index contributed by atoms with van der Waals surface area (Å²) in [6.45, 7) is 7.02. The summed E-state index contributed by atoms with van der Waals surface area (Å²) in [7, 11) is 4.11. The van der Waals surface area contributed by atoms with Crippen LogP contribution in [-0.2, 0) is 13.5 Å². The molecule has 12 heteroatoms. The lowest BCUT2D eigenvalue weighted by Crippen LogP contribution is -2.45. The number of rotatable bonds is 7. The number of fused-ring (bicyclic) bond motifs is 2. The Balaban J connectivity index is 1.25. The molecule has 0 spiro atoms. The number of nitrogens with zero attached hydrogens (tertiary/aromatic N) is 8. The summed E-state index contributed by atoms with van der Waals surface area (Å²) in [5.41, 5.74) is 10.2. The van der Waals surface area contributed by atoms with Crippen LogP contribution in [0.5, 0.6) is 0 Å². The number of aromatic nitrogens is 6. The van der Waals surface area contributed by atoms with Gasteiger partial charge < -0.3 is 20.9 Å². The lowest BCUT2D eigenvalue weighted by molar-refractivity contribution is 0.0941. The van der Waals surface area contributed by atoms with Crippen molar-refractivity contribution in [3.05, 3.63) is 118 Å². The smallest absolute Gasteiger partial charge is 0.264 e. The summed E-state index contributed by atoms with van der Waals surface area (Å²) >= 11 is 0. The van der Waals surface area contributed by atoms with Crippen LogP contribution in [0, 0.1) is 11.8 Å². The van der Waals surface area contributed by atoms with E-state index in [2.05, 4.69) is 49.2 Å². The molecule has 0 saturated carbocycles. The number of benzene rings is 2. The number of hydrogen-bond acceptors (Lipinski definition) is 8.